The predicted octanol–water partition coefficient (Wildman–Crippen LogP) is 5.48. The lowest BCUT2D eigenvalue weighted by Crippen LogP contribution is -2.11. The lowest BCUT2D eigenvalue weighted by atomic mass is 10.0. The van der Waals surface area contributed by atoms with Crippen LogP contribution in [0, 0.1) is 6.07 Å². The van der Waals surface area contributed by atoms with E-state index in [-0.39, 0.29) is 0 Å². The van der Waals surface area contributed by atoms with Crippen molar-refractivity contribution in [1.82, 2.24) is 4.57 Å². The number of ether oxygens (including phenoxy) is 1. The Morgan fingerprint density at radius 1 is 1.10 bits per heavy atom. The topological polar surface area (TPSA) is 57.2 Å². The van der Waals surface area contributed by atoms with Crippen LogP contribution in [0.25, 0.3) is 32.2 Å². The molecular weight excluding hydrogens is 392 g/mol. The molecule has 0 saturated carbocycles. The molecule has 0 unspecified atom stereocenters. The molecule has 0 aliphatic heterocycles. The number of aromatic nitrogens is 1. The van der Waals surface area contributed by atoms with Crippen LogP contribution in [0.15, 0.2) is 72.1 Å². The summed E-state index contributed by atoms with van der Waals surface area (Å²) in [6.07, 6.45) is 0. The number of nitrogens with two attached hydrogens (primary N) is 1. The number of hydrogen-bond donors (Lipinski definition) is 1. The Kier molecular flexibility index (Phi) is 4.52. The third-order valence-electron chi connectivity index (χ3n) is 5.39. The first kappa shape index (κ1) is 18.5. The second-order valence-electron chi connectivity index (χ2n) is 7.09. The van der Waals surface area contributed by atoms with Gasteiger partial charge in [0.15, 0.2) is 0 Å². The summed E-state index contributed by atoms with van der Waals surface area (Å²) in [5.74, 6) is 0.393. The van der Waals surface area contributed by atoms with E-state index in [1.54, 1.807) is 24.5 Å². The molecule has 1 radical (unpaired) electrons. The molecule has 0 aliphatic carbocycles. The number of rotatable bonds is 5. The van der Waals surface area contributed by atoms with Gasteiger partial charge in [0.2, 0.25) is 5.91 Å². The Morgan fingerprint density at radius 2 is 1.97 bits per heavy atom. The molecular formula is C25H19N2O2S. The van der Waals surface area contributed by atoms with E-state index in [0.717, 1.165) is 38.7 Å². The van der Waals surface area contributed by atoms with Crippen LogP contribution in [0.3, 0.4) is 0 Å². The van der Waals surface area contributed by atoms with Crippen LogP contribution in [0.2, 0.25) is 0 Å². The molecule has 2 aromatic heterocycles. The summed E-state index contributed by atoms with van der Waals surface area (Å²) >= 11 is 1.69. The molecule has 0 spiro atoms. The molecule has 3 aromatic carbocycles. The van der Waals surface area contributed by atoms with Crippen LogP contribution in [0.4, 0.5) is 0 Å². The number of nitrogens with zero attached hydrogens (tertiary/aromatic N) is 1. The van der Waals surface area contributed by atoms with Gasteiger partial charge in [0.05, 0.1) is 24.7 Å². The number of amides is 1. The molecule has 5 aromatic rings. The molecule has 0 atom stereocenters. The highest BCUT2D eigenvalue weighted by Gasteiger charge is 2.18. The summed E-state index contributed by atoms with van der Waals surface area (Å²) in [6, 6.07) is 25.4. The average molecular weight is 412 g/mol. The zero-order valence-corrected chi connectivity index (χ0v) is 17.2. The zero-order chi connectivity index (χ0) is 20.7. The summed E-state index contributed by atoms with van der Waals surface area (Å²) < 4.78 is 7.78. The fourth-order valence-corrected chi connectivity index (χ4v) is 4.74. The van der Waals surface area contributed by atoms with E-state index in [4.69, 9.17) is 10.5 Å². The van der Waals surface area contributed by atoms with Gasteiger partial charge in [-0.25, -0.2) is 0 Å². The molecule has 0 fully saturated rings. The molecule has 0 bridgehead atoms. The first-order valence-corrected chi connectivity index (χ1v) is 10.5. The number of primary amides is 1. The molecule has 147 valence electrons. The lowest BCUT2D eigenvalue weighted by Gasteiger charge is -2.12. The number of methoxy groups -OCH3 is 1. The average Bonchev–Trinajstić information content (AvgIpc) is 3.41. The summed E-state index contributed by atoms with van der Waals surface area (Å²) in [5.41, 5.74) is 10.3. The standard InChI is InChI=1S/C25H19N2O2S/c1-29-22-9-3-2-6-17(22)15-27-20-8-4-7-19(25(26)28)24(20)18-12-11-16(14-21(18)27)23-10-5-13-30-23/h2-11,13-14H,15H2,1H3,(H2,26,28). The minimum absolute atomic E-state index is 0.437. The van der Waals surface area contributed by atoms with E-state index in [1.807, 2.05) is 42.5 Å². The van der Waals surface area contributed by atoms with Crippen LogP contribution >= 0.6 is 11.3 Å². The van der Waals surface area contributed by atoms with Crippen molar-refractivity contribution in [2.75, 3.05) is 7.11 Å². The van der Waals surface area contributed by atoms with E-state index >= 15 is 0 Å². The van der Waals surface area contributed by atoms with E-state index in [9.17, 15) is 4.79 Å². The van der Waals surface area contributed by atoms with Gasteiger partial charge in [-0.15, -0.1) is 11.3 Å². The maximum absolute atomic E-state index is 12.2. The van der Waals surface area contributed by atoms with Gasteiger partial charge in [0.1, 0.15) is 5.75 Å². The Morgan fingerprint density at radius 3 is 2.73 bits per heavy atom. The molecule has 30 heavy (non-hydrogen) atoms. The van der Waals surface area contributed by atoms with Crippen LogP contribution in [0.5, 0.6) is 5.75 Å². The smallest absolute Gasteiger partial charge is 0.249 e. The number of hydrogen-bond acceptors (Lipinski definition) is 3. The van der Waals surface area contributed by atoms with Crippen molar-refractivity contribution in [3.05, 3.63) is 89.3 Å². The first-order chi connectivity index (χ1) is 14.7. The van der Waals surface area contributed by atoms with Crippen molar-refractivity contribution in [2.24, 2.45) is 5.73 Å². The fourth-order valence-electron chi connectivity index (χ4n) is 4.02. The van der Waals surface area contributed by atoms with Crippen LogP contribution < -0.4 is 10.5 Å². The third-order valence-corrected chi connectivity index (χ3v) is 6.31. The molecule has 0 aliphatic rings. The third kappa shape index (κ3) is 2.95. The minimum Gasteiger partial charge on any atom is -0.496 e. The second kappa shape index (κ2) is 7.35. The normalized spacial score (nSPS) is 11.2. The summed E-state index contributed by atoms with van der Waals surface area (Å²) in [5, 5.41) is 3.80. The van der Waals surface area contributed by atoms with Crippen LogP contribution in [0.1, 0.15) is 15.9 Å². The summed E-state index contributed by atoms with van der Waals surface area (Å²) in [7, 11) is 1.68. The van der Waals surface area contributed by atoms with Gasteiger partial charge in [0, 0.05) is 26.8 Å². The van der Waals surface area contributed by atoms with Crippen molar-refractivity contribution in [2.45, 2.75) is 6.54 Å². The Balaban J connectivity index is 1.82. The maximum Gasteiger partial charge on any atom is 0.249 e. The SMILES string of the molecule is COc1ccccc1Cn1c2cc(-c3cccs3)c[c]c2c2c(C(N)=O)cccc21. The highest BCUT2D eigenvalue weighted by Crippen LogP contribution is 2.36. The van der Waals surface area contributed by atoms with E-state index in [0.29, 0.717) is 12.1 Å². The minimum atomic E-state index is -0.437. The van der Waals surface area contributed by atoms with Crippen molar-refractivity contribution in [1.29, 1.82) is 0 Å². The highest BCUT2D eigenvalue weighted by molar-refractivity contribution is 7.13. The number of thiophene rings is 1. The largest absolute Gasteiger partial charge is 0.496 e. The summed E-state index contributed by atoms with van der Waals surface area (Å²) in [4.78, 5) is 13.3. The van der Waals surface area contributed by atoms with Crippen molar-refractivity contribution in [3.63, 3.8) is 0 Å². The highest BCUT2D eigenvalue weighted by atomic mass is 32.1. The van der Waals surface area contributed by atoms with Gasteiger partial charge in [0.25, 0.3) is 0 Å². The van der Waals surface area contributed by atoms with Crippen LogP contribution in [-0.2, 0) is 6.54 Å². The first-order valence-electron chi connectivity index (χ1n) is 9.59. The van der Waals surface area contributed by atoms with Gasteiger partial charge in [-0.2, -0.15) is 0 Å². The number of carbonyl (C=O) groups is 1. The van der Waals surface area contributed by atoms with Gasteiger partial charge < -0.3 is 15.0 Å². The number of para-hydroxylation sites is 1. The van der Waals surface area contributed by atoms with Crippen LogP contribution in [-0.4, -0.2) is 17.6 Å². The second-order valence-corrected chi connectivity index (χ2v) is 8.04. The number of benzene rings is 3. The van der Waals surface area contributed by atoms with Crippen molar-refractivity contribution < 1.29 is 9.53 Å². The Bertz CT molecular complexity index is 1380. The molecule has 2 N–H and O–H groups in total. The van der Waals surface area contributed by atoms with Gasteiger partial charge in [-0.05, 0) is 53.4 Å². The molecule has 2 heterocycles. The van der Waals surface area contributed by atoms with Gasteiger partial charge in [-0.3, -0.25) is 4.79 Å². The molecule has 0 saturated heterocycles. The predicted molar refractivity (Wildman–Crippen MR) is 122 cm³/mol. The maximum atomic E-state index is 12.2. The number of fused-ring (bicyclic) bond motifs is 3. The molecule has 5 heteroatoms. The quantitative estimate of drug-likeness (QED) is 0.416. The van der Waals surface area contributed by atoms with E-state index in [1.165, 1.54) is 4.88 Å². The zero-order valence-electron chi connectivity index (χ0n) is 16.4. The van der Waals surface area contributed by atoms with Gasteiger partial charge in [-0.1, -0.05) is 30.3 Å². The molecule has 4 nitrogen and oxygen atoms in total. The van der Waals surface area contributed by atoms with E-state index < -0.39 is 5.91 Å². The summed E-state index contributed by atoms with van der Waals surface area (Å²) in [6.45, 7) is 0.605. The monoisotopic (exact) mass is 411 g/mol. The van der Waals surface area contributed by atoms with Gasteiger partial charge >= 0.3 is 0 Å². The van der Waals surface area contributed by atoms with Crippen molar-refractivity contribution >= 4 is 39.0 Å². The van der Waals surface area contributed by atoms with E-state index in [2.05, 4.69) is 34.2 Å². The lowest BCUT2D eigenvalue weighted by molar-refractivity contribution is 0.100. The Labute approximate surface area is 178 Å². The van der Waals surface area contributed by atoms with Crippen molar-refractivity contribution in [3.8, 4) is 16.2 Å². The molecule has 5 rings (SSSR count). The Hall–Kier alpha value is -3.57. The number of carbonyl (C=O) groups excluding carboxylic acids is 1. The fraction of sp³-hybridized carbons (Fsp3) is 0.0800. The molecule has 1 amide bonds.